The highest BCUT2D eigenvalue weighted by Gasteiger charge is 2.16. The minimum absolute atomic E-state index is 0.0631. The average Bonchev–Trinajstić information content (AvgIpc) is 2.40. The quantitative estimate of drug-likeness (QED) is 0.680. The van der Waals surface area contributed by atoms with Crippen molar-refractivity contribution in [1.82, 2.24) is 5.32 Å². The van der Waals surface area contributed by atoms with E-state index in [9.17, 15) is 0 Å². The second-order valence-corrected chi connectivity index (χ2v) is 6.30. The lowest BCUT2D eigenvalue weighted by Gasteiger charge is -2.20. The Kier molecular flexibility index (Phi) is 5.51. The van der Waals surface area contributed by atoms with Crippen LogP contribution in [-0.2, 0) is 0 Å². The molecule has 0 bridgehead atoms. The van der Waals surface area contributed by atoms with Gasteiger partial charge in [0.15, 0.2) is 0 Å². The fourth-order valence-corrected chi connectivity index (χ4v) is 2.77. The third kappa shape index (κ3) is 3.85. The first kappa shape index (κ1) is 15.1. The molecule has 2 aromatic carbocycles. The molecule has 1 atom stereocenters. The molecule has 0 aliphatic rings. The number of hydrogen-bond donors (Lipinski definition) is 1. The molecule has 0 fully saturated rings. The van der Waals surface area contributed by atoms with Gasteiger partial charge in [-0.15, -0.1) is 0 Å². The molecular weight excluding hydrogens is 392 g/mol. The maximum Gasteiger partial charge on any atom is 0.0591 e. The van der Waals surface area contributed by atoms with E-state index in [0.717, 1.165) is 17.1 Å². The molecule has 1 nitrogen and oxygen atoms in total. The normalized spacial score (nSPS) is 12.4. The van der Waals surface area contributed by atoms with Gasteiger partial charge in [-0.3, -0.25) is 0 Å². The highest BCUT2D eigenvalue weighted by Crippen LogP contribution is 2.30. The van der Waals surface area contributed by atoms with E-state index in [2.05, 4.69) is 59.1 Å². The van der Waals surface area contributed by atoms with Crippen LogP contribution in [0.3, 0.4) is 0 Å². The van der Waals surface area contributed by atoms with E-state index in [0.29, 0.717) is 5.02 Å². The van der Waals surface area contributed by atoms with Gasteiger partial charge in [-0.2, -0.15) is 0 Å². The highest BCUT2D eigenvalue weighted by molar-refractivity contribution is 14.1. The molecule has 0 aliphatic heterocycles. The zero-order chi connectivity index (χ0) is 13.8. The number of hydrogen-bond acceptors (Lipinski definition) is 1. The molecule has 1 N–H and O–H groups in total. The predicted octanol–water partition coefficient (Wildman–Crippen LogP) is 5.30. The molecule has 4 heteroatoms. The Hall–Kier alpha value is -0.290. The van der Waals surface area contributed by atoms with Gasteiger partial charge >= 0.3 is 0 Å². The summed E-state index contributed by atoms with van der Waals surface area (Å²) in [7, 11) is 0. The van der Waals surface area contributed by atoms with Gasteiger partial charge in [0.05, 0.1) is 6.04 Å². The van der Waals surface area contributed by atoms with Crippen LogP contribution in [-0.4, -0.2) is 6.54 Å². The van der Waals surface area contributed by atoms with Crippen molar-refractivity contribution in [2.75, 3.05) is 6.54 Å². The Balaban J connectivity index is 2.44. The molecule has 19 heavy (non-hydrogen) atoms. The molecule has 0 saturated carbocycles. The summed E-state index contributed by atoms with van der Waals surface area (Å²) < 4.78 is 1.22. The van der Waals surface area contributed by atoms with E-state index in [1.165, 1.54) is 9.13 Å². The third-order valence-corrected chi connectivity index (χ3v) is 4.18. The molecule has 100 valence electrons. The maximum atomic E-state index is 6.31. The minimum Gasteiger partial charge on any atom is -0.306 e. The number of halogens is 3. The third-order valence-electron chi connectivity index (χ3n) is 2.88. The van der Waals surface area contributed by atoms with E-state index >= 15 is 0 Å². The molecule has 0 aliphatic carbocycles. The van der Waals surface area contributed by atoms with Crippen molar-refractivity contribution in [1.29, 1.82) is 0 Å². The van der Waals surface area contributed by atoms with E-state index < -0.39 is 0 Å². The Morgan fingerprint density at radius 2 is 1.79 bits per heavy atom. The average molecular weight is 406 g/mol. The lowest BCUT2D eigenvalue weighted by molar-refractivity contribution is 0.631. The van der Waals surface area contributed by atoms with Crippen LogP contribution in [0.25, 0.3) is 0 Å². The fraction of sp³-hybridized carbons (Fsp3) is 0.200. The summed E-state index contributed by atoms with van der Waals surface area (Å²) in [5, 5.41) is 4.89. The van der Waals surface area contributed by atoms with Crippen molar-refractivity contribution >= 4 is 45.8 Å². The number of nitrogens with one attached hydrogen (secondary N) is 1. The van der Waals surface area contributed by atoms with Crippen molar-refractivity contribution in [2.24, 2.45) is 0 Å². The molecule has 2 aromatic rings. The molecule has 0 spiro atoms. The lowest BCUT2D eigenvalue weighted by atomic mass is 9.98. The van der Waals surface area contributed by atoms with Crippen LogP contribution in [0.4, 0.5) is 0 Å². The van der Waals surface area contributed by atoms with Crippen LogP contribution < -0.4 is 5.32 Å². The van der Waals surface area contributed by atoms with Gasteiger partial charge in [-0.05, 0) is 70.6 Å². The molecule has 0 heterocycles. The zero-order valence-corrected chi connectivity index (χ0v) is 14.1. The van der Waals surface area contributed by atoms with Crippen LogP contribution in [0.15, 0.2) is 42.5 Å². The van der Waals surface area contributed by atoms with E-state index in [-0.39, 0.29) is 6.04 Å². The Morgan fingerprint density at radius 1 is 1.11 bits per heavy atom. The summed E-state index contributed by atoms with van der Waals surface area (Å²) in [6.07, 6.45) is 0. The van der Waals surface area contributed by atoms with Crippen LogP contribution >= 0.6 is 45.8 Å². The molecule has 0 amide bonds. The van der Waals surface area contributed by atoms with Gasteiger partial charge in [-0.25, -0.2) is 0 Å². The number of rotatable bonds is 4. The number of benzene rings is 2. The maximum absolute atomic E-state index is 6.31. The fourth-order valence-electron chi connectivity index (χ4n) is 2.00. The highest BCUT2D eigenvalue weighted by atomic mass is 127. The van der Waals surface area contributed by atoms with Gasteiger partial charge in [-0.1, -0.05) is 42.3 Å². The Bertz CT molecular complexity index is 555. The summed E-state index contributed by atoms with van der Waals surface area (Å²) in [6.45, 7) is 2.94. The first-order chi connectivity index (χ1) is 9.11. The van der Waals surface area contributed by atoms with Gasteiger partial charge in [0, 0.05) is 13.6 Å². The second-order valence-electron chi connectivity index (χ2n) is 4.21. The van der Waals surface area contributed by atoms with Gasteiger partial charge in [0.1, 0.15) is 0 Å². The predicted molar refractivity (Wildman–Crippen MR) is 91.1 cm³/mol. The van der Waals surface area contributed by atoms with Gasteiger partial charge < -0.3 is 5.32 Å². The Labute approximate surface area is 137 Å². The second kappa shape index (κ2) is 6.93. The monoisotopic (exact) mass is 405 g/mol. The summed E-state index contributed by atoms with van der Waals surface area (Å²) in [5.74, 6) is 0. The summed E-state index contributed by atoms with van der Waals surface area (Å²) >= 11 is 14.7. The summed E-state index contributed by atoms with van der Waals surface area (Å²) in [5.41, 5.74) is 2.20. The summed E-state index contributed by atoms with van der Waals surface area (Å²) in [4.78, 5) is 0. The van der Waals surface area contributed by atoms with Crippen LogP contribution in [0, 0.1) is 3.57 Å². The molecule has 0 radical (unpaired) electrons. The van der Waals surface area contributed by atoms with E-state index in [4.69, 9.17) is 23.2 Å². The first-order valence-corrected chi connectivity index (χ1v) is 7.89. The van der Waals surface area contributed by atoms with Crippen molar-refractivity contribution in [3.63, 3.8) is 0 Å². The molecular formula is C15H14Cl2IN. The molecule has 1 unspecified atom stereocenters. The van der Waals surface area contributed by atoms with Crippen molar-refractivity contribution in [3.8, 4) is 0 Å². The van der Waals surface area contributed by atoms with Crippen molar-refractivity contribution < 1.29 is 0 Å². The van der Waals surface area contributed by atoms with Crippen LogP contribution in [0.2, 0.25) is 10.0 Å². The summed E-state index contributed by atoms with van der Waals surface area (Å²) in [6, 6.07) is 14.1. The van der Waals surface area contributed by atoms with Gasteiger partial charge in [0.25, 0.3) is 0 Å². The van der Waals surface area contributed by atoms with Crippen molar-refractivity contribution in [3.05, 3.63) is 67.2 Å². The Morgan fingerprint density at radius 3 is 2.42 bits per heavy atom. The van der Waals surface area contributed by atoms with Crippen LogP contribution in [0.5, 0.6) is 0 Å². The minimum atomic E-state index is 0.0631. The van der Waals surface area contributed by atoms with Crippen molar-refractivity contribution in [2.45, 2.75) is 13.0 Å². The molecule has 2 rings (SSSR count). The SMILES string of the molecule is CCNC(c1ccc(I)cc1)c1cc(Cl)ccc1Cl. The molecule has 0 aromatic heterocycles. The molecule has 0 saturated heterocycles. The van der Waals surface area contributed by atoms with E-state index in [1.807, 2.05) is 18.2 Å². The standard InChI is InChI=1S/C15H14Cl2IN/c1-2-19-15(10-3-6-12(18)7-4-10)13-9-11(16)5-8-14(13)17/h3-9,15,19H,2H2,1H3. The van der Waals surface area contributed by atoms with E-state index in [1.54, 1.807) is 0 Å². The topological polar surface area (TPSA) is 12.0 Å². The largest absolute Gasteiger partial charge is 0.306 e. The lowest BCUT2D eigenvalue weighted by Crippen LogP contribution is -2.22. The first-order valence-electron chi connectivity index (χ1n) is 6.05. The smallest absolute Gasteiger partial charge is 0.0591 e. The van der Waals surface area contributed by atoms with Crippen LogP contribution in [0.1, 0.15) is 24.1 Å². The van der Waals surface area contributed by atoms with Gasteiger partial charge in [0.2, 0.25) is 0 Å². The zero-order valence-electron chi connectivity index (χ0n) is 10.5.